The van der Waals surface area contributed by atoms with E-state index in [1.54, 1.807) is 37.5 Å². The number of aryl methyl sites for hydroxylation is 1. The molecule has 2 aromatic rings. The number of benzene rings is 1. The molecule has 0 saturated heterocycles. The summed E-state index contributed by atoms with van der Waals surface area (Å²) in [5.41, 5.74) is 1.34. The molecule has 2 rings (SSSR count). The van der Waals surface area contributed by atoms with Gasteiger partial charge < -0.3 is 5.32 Å². The van der Waals surface area contributed by atoms with E-state index in [1.807, 2.05) is 6.92 Å². The first-order chi connectivity index (χ1) is 9.11. The normalized spacial score (nSPS) is 10.2. The van der Waals surface area contributed by atoms with Crippen molar-refractivity contribution in [1.29, 1.82) is 0 Å². The molecule has 6 nitrogen and oxygen atoms in total. The number of anilines is 1. The van der Waals surface area contributed by atoms with E-state index >= 15 is 0 Å². The largest absolute Gasteiger partial charge is 0.383 e. The zero-order chi connectivity index (χ0) is 13.8. The average molecular weight is 276 g/mol. The lowest BCUT2D eigenvalue weighted by atomic mass is 10.3. The minimum absolute atomic E-state index is 0.0418. The summed E-state index contributed by atoms with van der Waals surface area (Å²) >= 11 is 1.18. The Hall–Kier alpha value is -2.15. The predicted octanol–water partition coefficient (Wildman–Crippen LogP) is 2.89. The van der Waals surface area contributed by atoms with Crippen LogP contribution in [0.2, 0.25) is 0 Å². The molecule has 0 unspecified atom stereocenters. The van der Waals surface area contributed by atoms with Gasteiger partial charge in [-0.15, -0.1) is 0 Å². The summed E-state index contributed by atoms with van der Waals surface area (Å²) in [6, 6.07) is 6.90. The second-order valence-corrected chi connectivity index (χ2v) is 4.75. The first kappa shape index (κ1) is 13.3. The summed E-state index contributed by atoms with van der Waals surface area (Å²) in [7, 11) is 1.65. The van der Waals surface area contributed by atoms with Gasteiger partial charge in [-0.05, 0) is 36.9 Å². The van der Waals surface area contributed by atoms with Gasteiger partial charge in [0.15, 0.2) is 5.16 Å². The molecule has 1 aromatic heterocycles. The van der Waals surface area contributed by atoms with E-state index in [2.05, 4.69) is 15.3 Å². The monoisotopic (exact) mass is 276 g/mol. The van der Waals surface area contributed by atoms with Gasteiger partial charge in [0.25, 0.3) is 0 Å². The highest BCUT2D eigenvalue weighted by molar-refractivity contribution is 7.99. The van der Waals surface area contributed by atoms with Crippen LogP contribution in [0.5, 0.6) is 0 Å². The Labute approximate surface area is 114 Å². The van der Waals surface area contributed by atoms with Crippen molar-refractivity contribution in [3.63, 3.8) is 0 Å². The van der Waals surface area contributed by atoms with Crippen LogP contribution >= 0.6 is 11.8 Å². The third-order valence-corrected chi connectivity index (χ3v) is 3.35. The Kier molecular flexibility index (Phi) is 3.96. The van der Waals surface area contributed by atoms with Crippen LogP contribution in [-0.4, -0.2) is 21.9 Å². The van der Waals surface area contributed by atoms with Crippen molar-refractivity contribution in [3.8, 4) is 0 Å². The van der Waals surface area contributed by atoms with E-state index in [1.165, 1.54) is 11.8 Å². The Morgan fingerprint density at radius 3 is 2.79 bits per heavy atom. The van der Waals surface area contributed by atoms with E-state index < -0.39 is 4.92 Å². The van der Waals surface area contributed by atoms with Crippen molar-refractivity contribution in [2.24, 2.45) is 0 Å². The topological polar surface area (TPSA) is 81.0 Å². The molecule has 0 amide bonds. The lowest BCUT2D eigenvalue weighted by molar-refractivity contribution is -0.386. The highest BCUT2D eigenvalue weighted by Crippen LogP contribution is 2.37. The van der Waals surface area contributed by atoms with E-state index in [4.69, 9.17) is 0 Å². The first-order valence-electron chi connectivity index (χ1n) is 5.54. The van der Waals surface area contributed by atoms with E-state index in [-0.39, 0.29) is 5.69 Å². The fourth-order valence-corrected chi connectivity index (χ4v) is 2.50. The minimum Gasteiger partial charge on any atom is -0.383 e. The number of para-hydroxylation sites is 1. The maximum absolute atomic E-state index is 11.2. The van der Waals surface area contributed by atoms with E-state index in [9.17, 15) is 10.1 Å². The lowest BCUT2D eigenvalue weighted by Crippen LogP contribution is -1.98. The van der Waals surface area contributed by atoms with Crippen LogP contribution in [0.25, 0.3) is 0 Å². The van der Waals surface area contributed by atoms with Gasteiger partial charge in [0.05, 0.1) is 9.82 Å². The second kappa shape index (κ2) is 5.66. The van der Waals surface area contributed by atoms with Crippen molar-refractivity contribution in [3.05, 3.63) is 46.3 Å². The number of hydrogen-bond donors (Lipinski definition) is 1. The summed E-state index contributed by atoms with van der Waals surface area (Å²) in [6.07, 6.45) is 1.64. The predicted molar refractivity (Wildman–Crippen MR) is 73.5 cm³/mol. The number of rotatable bonds is 4. The van der Waals surface area contributed by atoms with Crippen molar-refractivity contribution in [2.45, 2.75) is 17.0 Å². The molecule has 1 aromatic carbocycles. The van der Waals surface area contributed by atoms with Crippen LogP contribution in [-0.2, 0) is 0 Å². The number of nitrogens with one attached hydrogen (secondary N) is 1. The molecule has 1 heterocycles. The van der Waals surface area contributed by atoms with Gasteiger partial charge in [-0.1, -0.05) is 6.07 Å². The molecule has 7 heteroatoms. The molecular weight excluding hydrogens is 264 g/mol. The van der Waals surface area contributed by atoms with Crippen LogP contribution in [0.3, 0.4) is 0 Å². The highest BCUT2D eigenvalue weighted by Gasteiger charge is 2.20. The Morgan fingerprint density at radius 1 is 1.37 bits per heavy atom. The van der Waals surface area contributed by atoms with Crippen LogP contribution in [0.4, 0.5) is 11.4 Å². The molecule has 0 bridgehead atoms. The zero-order valence-corrected chi connectivity index (χ0v) is 11.3. The van der Waals surface area contributed by atoms with Crippen LogP contribution in [0.1, 0.15) is 5.69 Å². The van der Waals surface area contributed by atoms with E-state index in [0.717, 1.165) is 5.69 Å². The highest BCUT2D eigenvalue weighted by atomic mass is 32.2. The first-order valence-corrected chi connectivity index (χ1v) is 6.36. The van der Waals surface area contributed by atoms with Crippen molar-refractivity contribution >= 4 is 23.1 Å². The molecule has 0 aliphatic heterocycles. The van der Waals surface area contributed by atoms with Crippen molar-refractivity contribution < 1.29 is 4.92 Å². The van der Waals surface area contributed by atoms with Gasteiger partial charge in [-0.2, -0.15) is 0 Å². The van der Waals surface area contributed by atoms with E-state index in [0.29, 0.717) is 15.7 Å². The average Bonchev–Trinajstić information content (AvgIpc) is 2.38. The zero-order valence-electron chi connectivity index (χ0n) is 10.5. The Bertz CT molecular complexity index is 618. The second-order valence-electron chi connectivity index (χ2n) is 3.74. The fraction of sp³-hybridized carbons (Fsp3) is 0.167. The number of nitro benzene ring substituents is 1. The molecule has 1 N–H and O–H groups in total. The Balaban J connectivity index is 2.42. The third kappa shape index (κ3) is 3.00. The van der Waals surface area contributed by atoms with Gasteiger partial charge in [0.2, 0.25) is 0 Å². The van der Waals surface area contributed by atoms with Gasteiger partial charge in [0, 0.05) is 18.9 Å². The summed E-state index contributed by atoms with van der Waals surface area (Å²) in [6.45, 7) is 1.85. The number of hydrogen-bond acceptors (Lipinski definition) is 6. The minimum atomic E-state index is -0.399. The molecule has 0 saturated carbocycles. The number of nitrogens with zero attached hydrogens (tertiary/aromatic N) is 3. The van der Waals surface area contributed by atoms with Crippen LogP contribution in [0, 0.1) is 17.0 Å². The molecule has 0 aliphatic carbocycles. The van der Waals surface area contributed by atoms with Crippen LogP contribution in [0.15, 0.2) is 40.5 Å². The van der Waals surface area contributed by atoms with Crippen molar-refractivity contribution in [2.75, 3.05) is 12.4 Å². The lowest BCUT2D eigenvalue weighted by Gasteiger charge is -2.06. The molecular formula is C12H12N4O2S. The Morgan fingerprint density at radius 2 is 2.16 bits per heavy atom. The molecule has 19 heavy (non-hydrogen) atoms. The number of nitro groups is 1. The maximum Gasteiger partial charge on any atom is 0.306 e. The fourth-order valence-electron chi connectivity index (χ4n) is 1.57. The third-order valence-electron chi connectivity index (χ3n) is 2.42. The van der Waals surface area contributed by atoms with Gasteiger partial charge in [-0.3, -0.25) is 10.1 Å². The smallest absolute Gasteiger partial charge is 0.306 e. The van der Waals surface area contributed by atoms with Gasteiger partial charge >= 0.3 is 5.69 Å². The molecule has 0 fully saturated rings. The molecule has 0 spiro atoms. The van der Waals surface area contributed by atoms with Crippen LogP contribution < -0.4 is 5.32 Å². The summed E-state index contributed by atoms with van der Waals surface area (Å²) in [5, 5.41) is 14.5. The van der Waals surface area contributed by atoms with Gasteiger partial charge in [-0.25, -0.2) is 9.97 Å². The molecule has 0 atom stereocenters. The van der Waals surface area contributed by atoms with Gasteiger partial charge in [0.1, 0.15) is 5.69 Å². The van der Waals surface area contributed by atoms with Crippen molar-refractivity contribution in [1.82, 2.24) is 9.97 Å². The summed E-state index contributed by atoms with van der Waals surface area (Å²) < 4.78 is 0. The summed E-state index contributed by atoms with van der Waals surface area (Å²) in [5.74, 6) is 0. The quantitative estimate of drug-likeness (QED) is 0.525. The molecule has 0 aliphatic rings. The SMILES string of the molecule is CNc1cccc(Sc2nccc(C)n2)c1[N+](=O)[O-]. The number of aromatic nitrogens is 2. The molecule has 98 valence electrons. The summed E-state index contributed by atoms with van der Waals surface area (Å²) in [4.78, 5) is 19.6. The maximum atomic E-state index is 11.2. The molecule has 0 radical (unpaired) electrons. The standard InChI is InChI=1S/C12H12N4O2S/c1-8-6-7-14-12(15-8)19-10-5-3-4-9(13-2)11(10)16(17)18/h3-7,13H,1-2H3.